The number of para-hydroxylation sites is 2. The Kier molecular flexibility index (Phi) is 9.40. The van der Waals surface area contributed by atoms with Crippen molar-refractivity contribution in [3.05, 3.63) is 148 Å². The van der Waals surface area contributed by atoms with Crippen LogP contribution in [0.5, 0.6) is 11.5 Å². The van der Waals surface area contributed by atoms with Gasteiger partial charge in [0.25, 0.3) is 0 Å². The summed E-state index contributed by atoms with van der Waals surface area (Å²) >= 11 is 2.40. The van der Waals surface area contributed by atoms with Gasteiger partial charge in [-0.1, -0.05) is 86.6 Å². The third-order valence-corrected chi connectivity index (χ3v) is 12.4. The van der Waals surface area contributed by atoms with Gasteiger partial charge in [0.05, 0.1) is 0 Å². The first-order valence-electron chi connectivity index (χ1n) is 19.5. The van der Waals surface area contributed by atoms with Gasteiger partial charge in [0.15, 0.2) is 0 Å². The van der Waals surface area contributed by atoms with E-state index in [0.29, 0.717) is 6.54 Å². The number of hydrogen-bond acceptors (Lipinski definition) is 3. The van der Waals surface area contributed by atoms with Gasteiger partial charge in [-0.3, -0.25) is 0 Å². The first-order valence-corrected chi connectivity index (χ1v) is 20.7. The number of fused-ring (bicyclic) bond motifs is 4. The Morgan fingerprint density at radius 3 is 1.95 bits per heavy atom. The molecule has 56 heavy (non-hydrogen) atoms. The summed E-state index contributed by atoms with van der Waals surface area (Å²) in [4.78, 5) is 7.34. The zero-order chi connectivity index (χ0) is 39.7. The number of benzene rings is 5. The van der Waals surface area contributed by atoms with E-state index in [1.807, 2.05) is 12.3 Å². The summed E-state index contributed by atoms with van der Waals surface area (Å²) in [6, 6.07) is 41.9. The molecule has 0 radical (unpaired) electrons. The molecule has 0 saturated heterocycles. The van der Waals surface area contributed by atoms with Crippen LogP contribution in [-0.2, 0) is 49.2 Å². The zero-order valence-electron chi connectivity index (χ0n) is 34.3. The number of rotatable bonds is 5. The third kappa shape index (κ3) is 7.11. The molecule has 0 aliphatic carbocycles. The molecule has 7 aromatic rings. The molecule has 0 unspecified atom stereocenters. The van der Waals surface area contributed by atoms with Crippen LogP contribution in [0.25, 0.3) is 39.0 Å². The van der Waals surface area contributed by atoms with Gasteiger partial charge in [-0.05, 0) is 56.2 Å². The molecular weight excluding hydrogens is 868 g/mol. The van der Waals surface area contributed by atoms with Crippen LogP contribution < -0.4 is 9.64 Å². The molecule has 0 spiro atoms. The van der Waals surface area contributed by atoms with Crippen molar-refractivity contribution in [1.29, 1.82) is 0 Å². The van der Waals surface area contributed by atoms with Gasteiger partial charge in [0, 0.05) is 6.20 Å². The van der Waals surface area contributed by atoms with Gasteiger partial charge >= 0.3 is 196 Å². The monoisotopic (exact) mass is 919 g/mol. The van der Waals surface area contributed by atoms with Crippen molar-refractivity contribution < 1.29 is 24.1 Å². The predicted octanol–water partition coefficient (Wildman–Crippen LogP) is 13.1. The van der Waals surface area contributed by atoms with E-state index in [1.54, 1.807) is 0 Å². The predicted molar refractivity (Wildman–Crippen MR) is 229 cm³/mol. The molecule has 0 bridgehead atoms. The van der Waals surface area contributed by atoms with Crippen LogP contribution in [0.15, 0.2) is 121 Å². The minimum absolute atomic E-state index is 0.0138. The van der Waals surface area contributed by atoms with Crippen molar-refractivity contribution in [1.82, 2.24) is 14.1 Å². The molecule has 0 amide bonds. The molecule has 5 nitrogen and oxygen atoms in total. The Bertz CT molecular complexity index is 2660. The van der Waals surface area contributed by atoms with Crippen LogP contribution in [0.3, 0.4) is 0 Å². The van der Waals surface area contributed by atoms with Crippen molar-refractivity contribution in [2.45, 2.75) is 85.1 Å². The number of aryl methyl sites for hydroxylation is 1. The number of ether oxygens (including phenoxy) is 1. The Morgan fingerprint density at radius 1 is 0.589 bits per heavy atom. The fourth-order valence-corrected chi connectivity index (χ4v) is 8.52. The van der Waals surface area contributed by atoms with E-state index in [0.717, 1.165) is 38.0 Å². The number of imidazole rings is 1. The topological polar surface area (TPSA) is 35.2 Å². The molecule has 8 rings (SSSR count). The summed E-state index contributed by atoms with van der Waals surface area (Å²) in [5.74, 6) is 2.50. The number of anilines is 2. The Labute approximate surface area is 343 Å². The van der Waals surface area contributed by atoms with Crippen molar-refractivity contribution in [2.75, 3.05) is 4.90 Å². The maximum atomic E-state index is 6.70. The second kappa shape index (κ2) is 13.9. The SMILES string of the molecule is Cn1[c](=[Pt])n(-c2cccc(Oc3ccc4c(c3)N(c3cc(C(C)(C)C)ccn3)Cc3cc(-c5cc(C(C)(C)C)cc(C(C)(C)C)c5)ccc3-4)c2)c2ccccc21. The fraction of sp³-hybridized carbons (Fsp3) is 0.280. The second-order valence-electron chi connectivity index (χ2n) is 18.3. The average molecular weight is 920 g/mol. The molecule has 0 N–H and O–H groups in total. The summed E-state index contributed by atoms with van der Waals surface area (Å²) < 4.78 is 12.3. The molecule has 1 aliphatic rings. The van der Waals surface area contributed by atoms with E-state index in [4.69, 9.17) is 9.72 Å². The van der Waals surface area contributed by atoms with Gasteiger partial charge in [-0.15, -0.1) is 0 Å². The summed E-state index contributed by atoms with van der Waals surface area (Å²) in [5.41, 5.74) is 14.7. The molecule has 5 aromatic carbocycles. The third-order valence-electron chi connectivity index (χ3n) is 11.1. The zero-order valence-corrected chi connectivity index (χ0v) is 36.5. The van der Waals surface area contributed by atoms with Crippen molar-refractivity contribution in [2.24, 2.45) is 7.05 Å². The number of hydrogen-bond donors (Lipinski definition) is 0. The van der Waals surface area contributed by atoms with E-state index in [1.165, 1.54) is 50.0 Å². The number of aromatic nitrogens is 3. The van der Waals surface area contributed by atoms with Crippen LogP contribution in [0, 0.1) is 3.80 Å². The van der Waals surface area contributed by atoms with E-state index >= 15 is 0 Å². The van der Waals surface area contributed by atoms with Crippen LogP contribution in [0.2, 0.25) is 0 Å². The molecular formula is C50H52N4OPt. The van der Waals surface area contributed by atoms with Gasteiger partial charge in [-0.25, -0.2) is 0 Å². The van der Waals surface area contributed by atoms with Gasteiger partial charge < -0.3 is 0 Å². The molecule has 288 valence electrons. The van der Waals surface area contributed by atoms with Crippen molar-refractivity contribution >= 4 is 22.5 Å². The molecule has 0 fully saturated rings. The molecule has 0 saturated carbocycles. The van der Waals surface area contributed by atoms with Crippen LogP contribution in [0.1, 0.15) is 84.6 Å². The summed E-state index contributed by atoms with van der Waals surface area (Å²) in [6.45, 7) is 21.3. The molecule has 6 heteroatoms. The van der Waals surface area contributed by atoms with E-state index in [-0.39, 0.29) is 16.2 Å². The van der Waals surface area contributed by atoms with Gasteiger partial charge in [0.2, 0.25) is 0 Å². The summed E-state index contributed by atoms with van der Waals surface area (Å²) in [6.07, 6.45) is 1.95. The maximum absolute atomic E-state index is 6.70. The number of nitrogens with zero attached hydrogens (tertiary/aromatic N) is 4. The molecule has 1 aliphatic heterocycles. The second-order valence-corrected chi connectivity index (χ2v) is 19.3. The van der Waals surface area contributed by atoms with E-state index in [9.17, 15) is 0 Å². The van der Waals surface area contributed by atoms with E-state index < -0.39 is 0 Å². The van der Waals surface area contributed by atoms with Gasteiger partial charge in [-0.2, -0.15) is 0 Å². The van der Waals surface area contributed by atoms with Gasteiger partial charge in [0.1, 0.15) is 0 Å². The van der Waals surface area contributed by atoms with Crippen molar-refractivity contribution in [3.63, 3.8) is 0 Å². The average Bonchev–Trinajstić information content (AvgIpc) is 3.41. The van der Waals surface area contributed by atoms with Crippen LogP contribution in [0.4, 0.5) is 11.5 Å². The summed E-state index contributed by atoms with van der Waals surface area (Å²) in [7, 11) is 2.11. The van der Waals surface area contributed by atoms with Crippen LogP contribution >= 0.6 is 0 Å². The molecule has 2 aromatic heterocycles. The molecule has 3 heterocycles. The Hall–Kier alpha value is -4.99. The summed E-state index contributed by atoms with van der Waals surface area (Å²) in [5, 5.41) is 0. The number of pyridine rings is 1. The first-order chi connectivity index (χ1) is 26.5. The quantitative estimate of drug-likeness (QED) is 0.173. The fourth-order valence-electron chi connectivity index (χ4n) is 7.68. The van der Waals surface area contributed by atoms with Crippen LogP contribution in [-0.4, -0.2) is 14.1 Å². The van der Waals surface area contributed by atoms with E-state index in [2.05, 4.69) is 212 Å². The Balaban J connectivity index is 1.22. The Morgan fingerprint density at radius 2 is 1.25 bits per heavy atom. The molecule has 0 atom stereocenters. The van der Waals surface area contributed by atoms with Crippen molar-refractivity contribution in [3.8, 4) is 39.4 Å². The normalized spacial score (nSPS) is 13.2. The first kappa shape index (κ1) is 37.9. The standard InChI is InChI=1S/C50H52N4O.Pt/c1-48(2,3)36-22-23-51-47(28-36)53-31-35-24-33(34-25-37(49(4,5)6)27-38(26-34)50(7,8)9)18-20-42(35)43-21-19-41(30-46(43)53)55-40-15-13-14-39(29-40)54-32-52(10)44-16-11-12-17-45(44)54;/h11-30H,31H2,1-10H3;. The minimum atomic E-state index is -0.0138.